The van der Waals surface area contributed by atoms with Crippen LogP contribution in [0.3, 0.4) is 0 Å². The number of hydrogen-bond donors (Lipinski definition) is 2. The van der Waals surface area contributed by atoms with Crippen molar-refractivity contribution in [1.82, 2.24) is 30.0 Å². The van der Waals surface area contributed by atoms with E-state index in [-0.39, 0.29) is 23.7 Å². The van der Waals surface area contributed by atoms with E-state index in [4.69, 9.17) is 19.1 Å². The number of benzene rings is 1. The van der Waals surface area contributed by atoms with E-state index in [1.807, 2.05) is 17.0 Å². The maximum Gasteiger partial charge on any atom is 0.434 e. The fourth-order valence-corrected chi connectivity index (χ4v) is 9.85. The first-order valence-corrected chi connectivity index (χ1v) is 17.6. The number of aryl methyl sites for hydroxylation is 2. The van der Waals surface area contributed by atoms with Crippen LogP contribution in [0.4, 0.5) is 10.2 Å². The zero-order valence-corrected chi connectivity index (χ0v) is 27.8. The fraction of sp³-hybridized carbons (Fsp3) is 0.297. The van der Waals surface area contributed by atoms with Crippen molar-refractivity contribution in [3.63, 3.8) is 0 Å². The molecule has 1 saturated carbocycles. The quantitative estimate of drug-likeness (QED) is 0.191. The summed E-state index contributed by atoms with van der Waals surface area (Å²) in [6, 6.07) is 12.5. The van der Waals surface area contributed by atoms with Gasteiger partial charge in [0.05, 0.1) is 45.9 Å². The molecule has 5 aromatic heterocycles. The molecule has 2 bridgehead atoms. The van der Waals surface area contributed by atoms with Crippen LogP contribution in [-0.4, -0.2) is 49.6 Å². The van der Waals surface area contributed by atoms with E-state index in [0.29, 0.717) is 53.6 Å². The first-order chi connectivity index (χ1) is 24.4. The highest BCUT2D eigenvalue weighted by Crippen LogP contribution is 2.63. The lowest BCUT2D eigenvalue weighted by Crippen LogP contribution is -2.40. The van der Waals surface area contributed by atoms with Gasteiger partial charge in [-0.3, -0.25) is 9.78 Å². The van der Waals surface area contributed by atoms with Crippen molar-refractivity contribution < 1.29 is 18.3 Å². The topological polar surface area (TPSA) is 139 Å². The van der Waals surface area contributed by atoms with E-state index < -0.39 is 11.3 Å². The Kier molecular flexibility index (Phi) is 6.36. The van der Waals surface area contributed by atoms with Crippen LogP contribution in [0.25, 0.3) is 32.0 Å². The van der Waals surface area contributed by atoms with Crippen LogP contribution >= 0.6 is 11.3 Å². The van der Waals surface area contributed by atoms with Crippen LogP contribution in [0.2, 0.25) is 0 Å². The van der Waals surface area contributed by atoms with Gasteiger partial charge in [0.15, 0.2) is 0 Å². The molecule has 1 unspecified atom stereocenters. The number of ether oxygens (including phenoxy) is 1. The first kappa shape index (κ1) is 29.5. The molecule has 0 radical (unpaired) electrons. The normalized spacial score (nSPS) is 21.3. The molecule has 11 rings (SSSR count). The number of anilines is 1. The molecule has 1 spiro atoms. The lowest BCUT2D eigenvalue weighted by Gasteiger charge is -2.37. The summed E-state index contributed by atoms with van der Waals surface area (Å²) in [6.45, 7) is 0.708. The molecule has 5 aliphatic rings. The maximum absolute atomic E-state index is 14.4. The number of amides is 1. The molecule has 11 nitrogen and oxygen atoms in total. The molecule has 50 heavy (non-hydrogen) atoms. The van der Waals surface area contributed by atoms with Gasteiger partial charge in [-0.25, -0.2) is 24.3 Å². The second-order valence-electron chi connectivity index (χ2n) is 13.6. The molecule has 1 atom stereocenters. The highest BCUT2D eigenvalue weighted by molar-refractivity contribution is 7.23. The van der Waals surface area contributed by atoms with Gasteiger partial charge in [-0.05, 0) is 91.3 Å². The summed E-state index contributed by atoms with van der Waals surface area (Å²) in [7, 11) is 1.64. The van der Waals surface area contributed by atoms with Crippen LogP contribution in [0.1, 0.15) is 63.7 Å². The number of carbonyl (C=O) groups excluding carboxylic acids is 1. The van der Waals surface area contributed by atoms with Gasteiger partial charge < -0.3 is 19.4 Å². The molecule has 2 saturated heterocycles. The minimum atomic E-state index is -0.695. The van der Waals surface area contributed by atoms with Crippen LogP contribution in [-0.2, 0) is 24.8 Å². The lowest BCUT2D eigenvalue weighted by atomic mass is 9.71. The summed E-state index contributed by atoms with van der Waals surface area (Å²) < 4.78 is 25.8. The number of hydrogen-bond acceptors (Lipinski definition) is 10. The Morgan fingerprint density at radius 1 is 1.08 bits per heavy atom. The number of methoxy groups -OCH3 is 1. The van der Waals surface area contributed by atoms with E-state index in [0.717, 1.165) is 68.8 Å². The minimum absolute atomic E-state index is 0.0297. The van der Waals surface area contributed by atoms with Gasteiger partial charge in [0, 0.05) is 34.9 Å². The number of nitrogens with zero attached hydrogens (tertiary/aromatic N) is 5. The summed E-state index contributed by atoms with van der Waals surface area (Å²) in [5.74, 6) is 0.908. The van der Waals surface area contributed by atoms with Gasteiger partial charge in [-0.1, -0.05) is 12.1 Å². The number of pyridine rings is 3. The van der Waals surface area contributed by atoms with Crippen molar-refractivity contribution in [3.8, 4) is 27.8 Å². The number of thiophene rings is 1. The predicted molar refractivity (Wildman–Crippen MR) is 184 cm³/mol. The molecule has 3 fully saturated rings. The monoisotopic (exact) mass is 687 g/mol. The number of carbonyl (C=O) groups is 1. The van der Waals surface area contributed by atoms with E-state index in [1.165, 1.54) is 23.5 Å². The first-order valence-electron chi connectivity index (χ1n) is 16.8. The van der Waals surface area contributed by atoms with Crippen molar-refractivity contribution in [2.75, 3.05) is 19.0 Å². The molecule has 1 aromatic carbocycles. The molecule has 3 aliphatic heterocycles. The fourth-order valence-electron chi connectivity index (χ4n) is 8.69. The average molecular weight is 688 g/mol. The van der Waals surface area contributed by atoms with Gasteiger partial charge in [0.1, 0.15) is 11.6 Å². The number of aromatic nitrogens is 5. The number of fused-ring (bicyclic) bond motifs is 3. The van der Waals surface area contributed by atoms with E-state index >= 15 is 0 Å². The van der Waals surface area contributed by atoms with Gasteiger partial charge in [-0.2, -0.15) is 0 Å². The summed E-state index contributed by atoms with van der Waals surface area (Å²) >= 11 is 1.54. The molecule has 8 heterocycles. The number of halogens is 1. The highest BCUT2D eigenvalue weighted by Gasteiger charge is 2.65. The number of aromatic amines is 1. The minimum Gasteiger partial charge on any atom is -0.481 e. The Morgan fingerprint density at radius 3 is 2.72 bits per heavy atom. The highest BCUT2D eigenvalue weighted by atomic mass is 32.1. The predicted octanol–water partition coefficient (Wildman–Crippen LogP) is 6.20. The van der Waals surface area contributed by atoms with Crippen molar-refractivity contribution in [2.24, 2.45) is 5.92 Å². The molecule has 13 heteroatoms. The van der Waals surface area contributed by atoms with E-state index in [9.17, 15) is 14.0 Å². The molecule has 2 aliphatic carbocycles. The van der Waals surface area contributed by atoms with Crippen molar-refractivity contribution in [3.05, 3.63) is 105 Å². The molecule has 1 amide bonds. The number of rotatable bonds is 8. The maximum atomic E-state index is 14.4. The van der Waals surface area contributed by atoms with Gasteiger partial charge in [0.2, 0.25) is 5.88 Å². The van der Waals surface area contributed by atoms with Crippen molar-refractivity contribution in [1.29, 1.82) is 0 Å². The Hall–Kier alpha value is -5.43. The summed E-state index contributed by atoms with van der Waals surface area (Å²) in [5.41, 5.74) is 5.98. The molecule has 2 N–H and O–H groups in total. The standard InChI is InChI=1S/C37H30FN7O4S/c1-48-33-23-7-9-24(22(23)11-13-40-33)42-32-30-20(10-12-39-32)14-26(50-30)28-27(34-43-44-36(47)49-34)25(8-4-18-2-5-21(38)6-3-18)41-31-29(28)35(46)45-17-19-15-37(31,45)16-19/h2-3,5-6,10-14,19,24H,4,7-9,15-17H2,1H3,(H,39,42)(H,44,47). The van der Waals surface area contributed by atoms with Crippen molar-refractivity contribution in [2.45, 2.75) is 50.1 Å². The van der Waals surface area contributed by atoms with Crippen molar-refractivity contribution >= 4 is 33.1 Å². The second-order valence-corrected chi connectivity index (χ2v) is 14.7. The third-order valence-electron chi connectivity index (χ3n) is 10.9. The van der Waals surface area contributed by atoms with Gasteiger partial charge in [0.25, 0.3) is 11.8 Å². The average Bonchev–Trinajstić information content (AvgIpc) is 3.96. The van der Waals surface area contributed by atoms with Gasteiger partial charge >= 0.3 is 5.76 Å². The summed E-state index contributed by atoms with van der Waals surface area (Å²) in [5, 5.41) is 11.3. The number of H-pyrrole nitrogens is 1. The van der Waals surface area contributed by atoms with Crippen LogP contribution < -0.4 is 15.8 Å². The van der Waals surface area contributed by atoms with E-state index in [1.54, 1.807) is 31.6 Å². The lowest BCUT2D eigenvalue weighted by molar-refractivity contribution is 0.0637. The van der Waals surface area contributed by atoms with E-state index in [2.05, 4.69) is 26.6 Å². The Morgan fingerprint density at radius 2 is 1.92 bits per heavy atom. The SMILES string of the molecule is COc1nccc2c1CCC2Nc1nccc2cc(-c3c4c(nc(CCc5ccc(F)cc5)c3-c3n[nH]c(=O)o3)C35CC(CN3C4=O)C5)sc12. The third-order valence-corrected chi connectivity index (χ3v) is 12.1. The van der Waals surface area contributed by atoms with Crippen LogP contribution in [0.5, 0.6) is 5.88 Å². The second kappa shape index (κ2) is 10.8. The zero-order valence-electron chi connectivity index (χ0n) is 27.0. The largest absolute Gasteiger partial charge is 0.481 e. The van der Waals surface area contributed by atoms with Crippen LogP contribution in [0.15, 0.2) is 64.1 Å². The van der Waals surface area contributed by atoms with Gasteiger partial charge in [-0.15, -0.1) is 16.4 Å². The molecular weight excluding hydrogens is 658 g/mol. The smallest absolute Gasteiger partial charge is 0.434 e. The third kappa shape index (κ3) is 4.25. The molecule has 6 aromatic rings. The van der Waals surface area contributed by atoms with Crippen LogP contribution in [0, 0.1) is 11.7 Å². The Labute approximate surface area is 288 Å². The zero-order chi connectivity index (χ0) is 33.7. The summed E-state index contributed by atoms with van der Waals surface area (Å²) in [4.78, 5) is 44.0. The molecule has 250 valence electrons. The molecular formula is C37H30FN7O4S. The Bertz CT molecular complexity index is 2430. The number of nitrogens with one attached hydrogen (secondary N) is 2. The Balaban J connectivity index is 1.15. The summed E-state index contributed by atoms with van der Waals surface area (Å²) in [6.07, 6.45) is 8.08.